The molecule has 1 nitrogen and oxygen atoms in total. The Hall–Kier alpha value is -0.670. The van der Waals surface area contributed by atoms with E-state index in [0.717, 1.165) is 15.4 Å². The highest BCUT2D eigenvalue weighted by molar-refractivity contribution is 7.99. The van der Waals surface area contributed by atoms with Crippen LogP contribution in [0.1, 0.15) is 5.56 Å². The number of rotatable bonds is 3. The Bertz CT molecular complexity index is 511. The van der Waals surface area contributed by atoms with Crippen LogP contribution in [0.15, 0.2) is 52.3 Å². The van der Waals surface area contributed by atoms with Gasteiger partial charge in [0.25, 0.3) is 0 Å². The summed E-state index contributed by atoms with van der Waals surface area (Å²) in [7, 11) is 0. The molecule has 0 aliphatic carbocycles. The summed E-state index contributed by atoms with van der Waals surface area (Å²) in [4.78, 5) is 2.02. The molecule has 0 saturated carbocycles. The lowest BCUT2D eigenvalue weighted by atomic mass is 10.2. The molecule has 0 unspecified atom stereocenters. The lowest BCUT2D eigenvalue weighted by Gasteiger charge is -2.07. The first kappa shape index (κ1) is 12.8. The van der Waals surface area contributed by atoms with Crippen molar-refractivity contribution >= 4 is 35.0 Å². The van der Waals surface area contributed by atoms with Crippen molar-refractivity contribution in [2.75, 3.05) is 0 Å². The fraction of sp³-hybridized carbons (Fsp3) is 0.0769. The second-order valence-corrected chi connectivity index (χ2v) is 5.45. The zero-order valence-electron chi connectivity index (χ0n) is 8.86. The van der Waals surface area contributed by atoms with E-state index in [1.54, 1.807) is 17.8 Å². The lowest BCUT2D eigenvalue weighted by molar-refractivity contribution is 0.279. The maximum absolute atomic E-state index is 9.25. The third-order valence-corrected chi connectivity index (χ3v) is 3.84. The highest BCUT2D eigenvalue weighted by atomic mass is 35.5. The fourth-order valence-corrected chi connectivity index (χ4v) is 2.72. The monoisotopic (exact) mass is 284 g/mol. The van der Waals surface area contributed by atoms with Gasteiger partial charge < -0.3 is 5.11 Å². The van der Waals surface area contributed by atoms with Crippen molar-refractivity contribution in [3.05, 3.63) is 58.1 Å². The molecular formula is C13H10Cl2OS. The Labute approximate surface area is 114 Å². The molecular weight excluding hydrogens is 275 g/mol. The summed E-state index contributed by atoms with van der Waals surface area (Å²) in [5.41, 5.74) is 0.870. The number of halogens is 2. The summed E-state index contributed by atoms with van der Waals surface area (Å²) in [5, 5.41) is 10.6. The minimum atomic E-state index is 0.00704. The van der Waals surface area contributed by atoms with Gasteiger partial charge in [0.2, 0.25) is 0 Å². The van der Waals surface area contributed by atoms with E-state index in [-0.39, 0.29) is 6.61 Å². The van der Waals surface area contributed by atoms with Gasteiger partial charge in [0, 0.05) is 19.8 Å². The lowest BCUT2D eigenvalue weighted by Crippen LogP contribution is -1.87. The van der Waals surface area contributed by atoms with Crippen molar-refractivity contribution < 1.29 is 5.11 Å². The zero-order chi connectivity index (χ0) is 12.3. The van der Waals surface area contributed by atoms with Crippen LogP contribution in [0.2, 0.25) is 10.0 Å². The molecule has 0 spiro atoms. The third-order valence-electron chi connectivity index (χ3n) is 2.24. The van der Waals surface area contributed by atoms with Crippen LogP contribution in [0.5, 0.6) is 0 Å². The van der Waals surface area contributed by atoms with Crippen LogP contribution in [0.25, 0.3) is 0 Å². The Balaban J connectivity index is 2.28. The minimum absolute atomic E-state index is 0.00704. The van der Waals surface area contributed by atoms with Crippen molar-refractivity contribution in [3.63, 3.8) is 0 Å². The van der Waals surface area contributed by atoms with Crippen LogP contribution in [0.4, 0.5) is 0 Å². The van der Waals surface area contributed by atoms with Gasteiger partial charge in [-0.2, -0.15) is 0 Å². The summed E-state index contributed by atoms with van der Waals surface area (Å²) in [6.45, 7) is 0.00704. The van der Waals surface area contributed by atoms with E-state index in [1.165, 1.54) is 0 Å². The van der Waals surface area contributed by atoms with Crippen LogP contribution < -0.4 is 0 Å². The first-order valence-corrected chi connectivity index (χ1v) is 6.59. The molecule has 0 atom stereocenters. The Morgan fingerprint density at radius 2 is 1.59 bits per heavy atom. The Morgan fingerprint density at radius 1 is 0.941 bits per heavy atom. The highest BCUT2D eigenvalue weighted by Gasteiger charge is 2.05. The second-order valence-electron chi connectivity index (χ2n) is 3.47. The van der Waals surface area contributed by atoms with Gasteiger partial charge in [-0.05, 0) is 42.0 Å². The molecule has 0 aliphatic heterocycles. The molecule has 2 rings (SSSR count). The molecule has 0 fully saturated rings. The largest absolute Gasteiger partial charge is 0.392 e. The highest BCUT2D eigenvalue weighted by Crippen LogP contribution is 2.33. The topological polar surface area (TPSA) is 20.2 Å². The summed E-state index contributed by atoms with van der Waals surface area (Å²) in [6, 6.07) is 13.0. The molecule has 1 N–H and O–H groups in total. The van der Waals surface area contributed by atoms with E-state index in [4.69, 9.17) is 23.2 Å². The summed E-state index contributed by atoms with van der Waals surface area (Å²) in [6.07, 6.45) is 0. The average Bonchev–Trinajstić information content (AvgIpc) is 2.32. The van der Waals surface area contributed by atoms with E-state index in [9.17, 15) is 5.11 Å². The summed E-state index contributed by atoms with van der Waals surface area (Å²) in [5.74, 6) is 0. The summed E-state index contributed by atoms with van der Waals surface area (Å²) >= 11 is 13.3. The molecule has 2 aromatic carbocycles. The Kier molecular flexibility index (Phi) is 4.35. The maximum atomic E-state index is 9.25. The third kappa shape index (κ3) is 3.39. The van der Waals surface area contributed by atoms with E-state index >= 15 is 0 Å². The minimum Gasteiger partial charge on any atom is -0.392 e. The summed E-state index contributed by atoms with van der Waals surface area (Å²) < 4.78 is 0. The first-order valence-electron chi connectivity index (χ1n) is 5.02. The molecule has 0 amide bonds. The van der Waals surface area contributed by atoms with Gasteiger partial charge in [-0.25, -0.2) is 0 Å². The maximum Gasteiger partial charge on any atom is 0.0692 e. The predicted octanol–water partition coefficient (Wildman–Crippen LogP) is 4.64. The molecule has 0 aliphatic rings. The second kappa shape index (κ2) is 5.78. The molecule has 0 bridgehead atoms. The molecule has 0 saturated heterocycles. The molecule has 4 heteroatoms. The van der Waals surface area contributed by atoms with E-state index in [1.807, 2.05) is 36.4 Å². The van der Waals surface area contributed by atoms with Crippen LogP contribution in [0.3, 0.4) is 0 Å². The van der Waals surface area contributed by atoms with Gasteiger partial charge in [-0.3, -0.25) is 0 Å². The van der Waals surface area contributed by atoms with E-state index in [0.29, 0.717) is 10.0 Å². The molecule has 0 heterocycles. The number of aliphatic hydroxyl groups excluding tert-OH is 1. The van der Waals surface area contributed by atoms with Crippen molar-refractivity contribution in [1.29, 1.82) is 0 Å². The quantitative estimate of drug-likeness (QED) is 0.886. The number of hydrogen-bond acceptors (Lipinski definition) is 2. The average molecular weight is 285 g/mol. The fourth-order valence-electron chi connectivity index (χ4n) is 1.38. The van der Waals surface area contributed by atoms with Gasteiger partial charge in [0.1, 0.15) is 0 Å². The zero-order valence-corrected chi connectivity index (χ0v) is 11.2. The molecule has 88 valence electrons. The van der Waals surface area contributed by atoms with Crippen LogP contribution >= 0.6 is 35.0 Å². The van der Waals surface area contributed by atoms with E-state index < -0.39 is 0 Å². The number of benzene rings is 2. The van der Waals surface area contributed by atoms with Crippen molar-refractivity contribution in [3.8, 4) is 0 Å². The van der Waals surface area contributed by atoms with Crippen molar-refractivity contribution in [2.45, 2.75) is 16.4 Å². The van der Waals surface area contributed by atoms with Gasteiger partial charge >= 0.3 is 0 Å². The molecule has 0 aromatic heterocycles. The van der Waals surface area contributed by atoms with Gasteiger partial charge in [0.15, 0.2) is 0 Å². The van der Waals surface area contributed by atoms with Gasteiger partial charge in [-0.1, -0.05) is 41.0 Å². The standard InChI is InChI=1S/C13H10Cl2OS/c14-10-3-5-12(6-4-10)17-13-7-11(15)2-1-9(13)8-16/h1-7,16H,8H2. The molecule has 0 radical (unpaired) electrons. The van der Waals surface area contributed by atoms with Crippen LogP contribution in [-0.4, -0.2) is 5.11 Å². The number of aliphatic hydroxyl groups is 1. The van der Waals surface area contributed by atoms with Crippen molar-refractivity contribution in [2.24, 2.45) is 0 Å². The molecule has 17 heavy (non-hydrogen) atoms. The van der Waals surface area contributed by atoms with E-state index in [2.05, 4.69) is 0 Å². The van der Waals surface area contributed by atoms with Crippen LogP contribution in [-0.2, 0) is 6.61 Å². The van der Waals surface area contributed by atoms with Gasteiger partial charge in [-0.15, -0.1) is 0 Å². The normalized spacial score (nSPS) is 10.5. The Morgan fingerprint density at radius 3 is 2.24 bits per heavy atom. The molecule has 2 aromatic rings. The van der Waals surface area contributed by atoms with Crippen LogP contribution in [0, 0.1) is 0 Å². The number of hydrogen-bond donors (Lipinski definition) is 1. The van der Waals surface area contributed by atoms with Crippen molar-refractivity contribution in [1.82, 2.24) is 0 Å². The van der Waals surface area contributed by atoms with Gasteiger partial charge in [0.05, 0.1) is 6.61 Å². The predicted molar refractivity (Wildman–Crippen MR) is 72.9 cm³/mol. The smallest absolute Gasteiger partial charge is 0.0692 e. The SMILES string of the molecule is OCc1ccc(Cl)cc1Sc1ccc(Cl)cc1. The first-order chi connectivity index (χ1) is 8.19.